The van der Waals surface area contributed by atoms with E-state index in [1.807, 2.05) is 37.4 Å². The summed E-state index contributed by atoms with van der Waals surface area (Å²) in [6.45, 7) is 0. The molecule has 0 saturated carbocycles. The van der Waals surface area contributed by atoms with Gasteiger partial charge >= 0.3 is 11.1 Å². The molecular formula is C13H16N4O2S. The van der Waals surface area contributed by atoms with Crippen LogP contribution in [0.25, 0.3) is 0 Å². The van der Waals surface area contributed by atoms with E-state index in [-0.39, 0.29) is 6.04 Å². The Morgan fingerprint density at radius 1 is 1.35 bits per heavy atom. The second-order valence-electron chi connectivity index (χ2n) is 4.26. The van der Waals surface area contributed by atoms with Gasteiger partial charge < -0.3 is 5.32 Å². The number of aromatic amines is 1. The average Bonchev–Trinajstić information content (AvgIpc) is 2.46. The fourth-order valence-corrected chi connectivity index (χ4v) is 2.84. The second kappa shape index (κ2) is 6.53. The lowest BCUT2D eigenvalue weighted by Crippen LogP contribution is -2.34. The lowest BCUT2D eigenvalue weighted by Gasteiger charge is -2.16. The van der Waals surface area contributed by atoms with Crippen LogP contribution in [0.4, 0.5) is 0 Å². The molecule has 106 valence electrons. The number of hydrogen-bond donors (Lipinski definition) is 2. The monoisotopic (exact) mass is 292 g/mol. The number of benzene rings is 1. The number of aromatic nitrogens is 3. The minimum absolute atomic E-state index is 0.144. The molecular weight excluding hydrogens is 276 g/mol. The fourth-order valence-electron chi connectivity index (χ4n) is 1.78. The highest BCUT2D eigenvalue weighted by atomic mass is 32.2. The van der Waals surface area contributed by atoms with Crippen LogP contribution in [0, 0.1) is 0 Å². The second-order valence-corrected chi connectivity index (χ2v) is 5.25. The van der Waals surface area contributed by atoms with E-state index >= 15 is 0 Å². The third-order valence-electron chi connectivity index (χ3n) is 2.88. The Bertz CT molecular complexity index is 681. The maximum Gasteiger partial charge on any atom is 0.339 e. The summed E-state index contributed by atoms with van der Waals surface area (Å²) in [4.78, 5) is 26.2. The maximum atomic E-state index is 11.3. The van der Waals surface area contributed by atoms with Crippen molar-refractivity contribution in [3.63, 3.8) is 0 Å². The van der Waals surface area contributed by atoms with E-state index in [1.54, 1.807) is 7.05 Å². The Balaban J connectivity index is 2.13. The molecule has 2 N–H and O–H groups in total. The standard InChI is InChI=1S/C13H16N4O2S/c1-14-10(9-6-4-3-5-7-9)8-20-13-15-11(18)12(19)16-17(13)2/h3-7,10,14H,8H2,1-2H3,(H,16,19). The number of hydrogen-bond acceptors (Lipinski definition) is 5. The van der Waals surface area contributed by atoms with Crippen LogP contribution >= 0.6 is 11.8 Å². The molecule has 2 aromatic rings. The normalized spacial score (nSPS) is 12.3. The predicted molar refractivity (Wildman–Crippen MR) is 79.1 cm³/mol. The summed E-state index contributed by atoms with van der Waals surface area (Å²) < 4.78 is 1.46. The van der Waals surface area contributed by atoms with Gasteiger partial charge in [0.2, 0.25) is 0 Å². The number of thioether (sulfide) groups is 1. The van der Waals surface area contributed by atoms with Gasteiger partial charge in [-0.2, -0.15) is 4.98 Å². The molecule has 1 aromatic heterocycles. The van der Waals surface area contributed by atoms with Crippen LogP contribution in [0.1, 0.15) is 11.6 Å². The lowest BCUT2D eigenvalue weighted by atomic mass is 10.1. The highest BCUT2D eigenvalue weighted by Gasteiger charge is 2.11. The topological polar surface area (TPSA) is 79.8 Å². The first-order valence-corrected chi connectivity index (χ1v) is 7.12. The summed E-state index contributed by atoms with van der Waals surface area (Å²) in [5.74, 6) is 0.701. The maximum absolute atomic E-state index is 11.3. The van der Waals surface area contributed by atoms with Gasteiger partial charge in [-0.15, -0.1) is 0 Å². The van der Waals surface area contributed by atoms with Gasteiger partial charge in [-0.3, -0.25) is 19.4 Å². The van der Waals surface area contributed by atoms with Crippen LogP contribution in [-0.2, 0) is 7.05 Å². The first-order valence-electron chi connectivity index (χ1n) is 6.14. The Morgan fingerprint density at radius 3 is 2.70 bits per heavy atom. The summed E-state index contributed by atoms with van der Waals surface area (Å²) in [7, 11) is 3.55. The van der Waals surface area contributed by atoms with Gasteiger partial charge in [-0.1, -0.05) is 42.1 Å². The summed E-state index contributed by atoms with van der Waals surface area (Å²) in [6.07, 6.45) is 0. The van der Waals surface area contributed by atoms with Crippen LogP contribution in [0.15, 0.2) is 45.1 Å². The zero-order chi connectivity index (χ0) is 14.5. The Kier molecular flexibility index (Phi) is 4.75. The summed E-state index contributed by atoms with van der Waals surface area (Å²) in [5, 5.41) is 6.15. The molecule has 0 radical (unpaired) electrons. The Morgan fingerprint density at radius 2 is 2.05 bits per heavy atom. The summed E-state index contributed by atoms with van der Waals surface area (Å²) in [6, 6.07) is 10.2. The fraction of sp³-hybridized carbons (Fsp3) is 0.308. The molecule has 6 nitrogen and oxygen atoms in total. The molecule has 0 spiro atoms. The quantitative estimate of drug-likeness (QED) is 0.620. The van der Waals surface area contributed by atoms with E-state index in [9.17, 15) is 9.59 Å². The van der Waals surface area contributed by atoms with Gasteiger partial charge in [0.1, 0.15) is 0 Å². The molecule has 0 aliphatic carbocycles. The molecule has 20 heavy (non-hydrogen) atoms. The van der Waals surface area contributed by atoms with E-state index in [0.29, 0.717) is 10.9 Å². The van der Waals surface area contributed by atoms with E-state index < -0.39 is 11.1 Å². The first-order chi connectivity index (χ1) is 9.61. The van der Waals surface area contributed by atoms with Gasteiger partial charge in [0, 0.05) is 18.8 Å². The van der Waals surface area contributed by atoms with Crippen molar-refractivity contribution in [2.45, 2.75) is 11.2 Å². The molecule has 1 aromatic carbocycles. The summed E-state index contributed by atoms with van der Waals surface area (Å²) >= 11 is 1.42. The zero-order valence-corrected chi connectivity index (χ0v) is 12.1. The molecule has 1 unspecified atom stereocenters. The van der Waals surface area contributed by atoms with Gasteiger partial charge in [-0.05, 0) is 12.6 Å². The van der Waals surface area contributed by atoms with Crippen LogP contribution < -0.4 is 16.4 Å². The Hall–Kier alpha value is -1.86. The highest BCUT2D eigenvalue weighted by Crippen LogP contribution is 2.21. The van der Waals surface area contributed by atoms with Crippen molar-refractivity contribution in [3.05, 3.63) is 56.6 Å². The lowest BCUT2D eigenvalue weighted by molar-refractivity contribution is 0.593. The van der Waals surface area contributed by atoms with Crippen molar-refractivity contribution >= 4 is 11.8 Å². The molecule has 7 heteroatoms. The largest absolute Gasteiger partial charge is 0.339 e. The van der Waals surface area contributed by atoms with Crippen molar-refractivity contribution in [1.82, 2.24) is 20.1 Å². The van der Waals surface area contributed by atoms with Crippen LogP contribution in [0.3, 0.4) is 0 Å². The van der Waals surface area contributed by atoms with E-state index in [2.05, 4.69) is 15.4 Å². The van der Waals surface area contributed by atoms with Crippen molar-refractivity contribution in [1.29, 1.82) is 0 Å². The number of nitrogens with one attached hydrogen (secondary N) is 2. The number of rotatable bonds is 5. The minimum Gasteiger partial charge on any atom is -0.312 e. The molecule has 0 aliphatic heterocycles. The smallest absolute Gasteiger partial charge is 0.312 e. The minimum atomic E-state index is -0.758. The summed E-state index contributed by atoms with van der Waals surface area (Å²) in [5.41, 5.74) is -0.298. The molecule has 0 saturated heterocycles. The van der Waals surface area contributed by atoms with Crippen molar-refractivity contribution in [2.24, 2.45) is 7.05 Å². The molecule has 0 bridgehead atoms. The molecule has 1 atom stereocenters. The van der Waals surface area contributed by atoms with Crippen LogP contribution in [0.5, 0.6) is 0 Å². The third-order valence-corrected chi connectivity index (χ3v) is 4.00. The Labute approximate surface area is 120 Å². The number of H-pyrrole nitrogens is 1. The van der Waals surface area contributed by atoms with Gasteiger partial charge in [0.05, 0.1) is 0 Å². The van der Waals surface area contributed by atoms with Crippen LogP contribution in [0.2, 0.25) is 0 Å². The zero-order valence-electron chi connectivity index (χ0n) is 11.3. The SMILES string of the molecule is CNC(CSc1nc(=O)c(=O)[nH]n1C)c1ccccc1. The van der Waals surface area contributed by atoms with Gasteiger partial charge in [-0.25, -0.2) is 0 Å². The number of aryl methyl sites for hydroxylation is 1. The molecule has 0 fully saturated rings. The molecule has 0 amide bonds. The van der Waals surface area contributed by atoms with Crippen molar-refractivity contribution < 1.29 is 0 Å². The van der Waals surface area contributed by atoms with Gasteiger partial charge in [0.25, 0.3) is 0 Å². The highest BCUT2D eigenvalue weighted by molar-refractivity contribution is 7.99. The van der Waals surface area contributed by atoms with E-state index in [4.69, 9.17) is 0 Å². The van der Waals surface area contributed by atoms with Crippen molar-refractivity contribution in [2.75, 3.05) is 12.8 Å². The van der Waals surface area contributed by atoms with Crippen LogP contribution in [-0.4, -0.2) is 27.6 Å². The first kappa shape index (κ1) is 14.5. The molecule has 2 rings (SSSR count). The number of nitrogens with zero attached hydrogens (tertiary/aromatic N) is 2. The average molecular weight is 292 g/mol. The van der Waals surface area contributed by atoms with Crippen molar-refractivity contribution in [3.8, 4) is 0 Å². The van der Waals surface area contributed by atoms with E-state index in [1.165, 1.54) is 16.4 Å². The van der Waals surface area contributed by atoms with Gasteiger partial charge in [0.15, 0.2) is 5.16 Å². The van der Waals surface area contributed by atoms with E-state index in [0.717, 1.165) is 5.56 Å². The molecule has 0 aliphatic rings. The third kappa shape index (κ3) is 3.37. The predicted octanol–water partition coefficient (Wildman–Crippen LogP) is 0.521. The molecule has 1 heterocycles.